The first-order valence-corrected chi connectivity index (χ1v) is 5.93. The largest absolute Gasteiger partial charge is 0.397 e. The van der Waals surface area contributed by atoms with Gasteiger partial charge in [-0.2, -0.15) is 0 Å². The highest BCUT2D eigenvalue weighted by molar-refractivity contribution is 5.66. The predicted molar refractivity (Wildman–Crippen MR) is 72.5 cm³/mol. The first-order chi connectivity index (χ1) is 7.65. The number of nitrogens with two attached hydrogens (primary N) is 1. The van der Waals surface area contributed by atoms with Crippen LogP contribution in [0.2, 0.25) is 0 Å². The molecule has 0 fully saturated rings. The minimum atomic E-state index is -0.297. The zero-order chi connectivity index (χ0) is 13.3. The van der Waals surface area contributed by atoms with E-state index in [0.717, 1.165) is 0 Å². The Labute approximate surface area is 103 Å². The van der Waals surface area contributed by atoms with Crippen molar-refractivity contribution in [1.82, 2.24) is 0 Å². The summed E-state index contributed by atoms with van der Waals surface area (Å²) in [5.74, 6) is -0.297. The lowest BCUT2D eigenvalue weighted by Gasteiger charge is -2.39. The Kier molecular flexibility index (Phi) is 3.70. The molecule has 3 heteroatoms. The summed E-state index contributed by atoms with van der Waals surface area (Å²) in [7, 11) is 0. The van der Waals surface area contributed by atoms with Crippen molar-refractivity contribution in [2.45, 2.75) is 34.6 Å². The van der Waals surface area contributed by atoms with Crippen molar-refractivity contribution in [3.8, 4) is 0 Å². The van der Waals surface area contributed by atoms with Gasteiger partial charge in [0.15, 0.2) is 0 Å². The van der Waals surface area contributed by atoms with Crippen molar-refractivity contribution in [1.29, 1.82) is 0 Å². The standard InChI is InChI=1S/C14H23FN2/c1-13(2,3)14(4,5)9-17-12-10(15)7-6-8-11(12)16/h6-8,17H,9,16H2,1-5H3. The molecular formula is C14H23FN2. The van der Waals surface area contributed by atoms with Crippen LogP contribution in [0, 0.1) is 16.6 Å². The second-order valence-corrected chi connectivity index (χ2v) is 6.19. The molecule has 96 valence electrons. The van der Waals surface area contributed by atoms with Gasteiger partial charge >= 0.3 is 0 Å². The second-order valence-electron chi connectivity index (χ2n) is 6.19. The molecule has 0 aliphatic carbocycles. The van der Waals surface area contributed by atoms with Gasteiger partial charge in [-0.1, -0.05) is 40.7 Å². The molecule has 0 aromatic heterocycles. The van der Waals surface area contributed by atoms with Gasteiger partial charge in [0.1, 0.15) is 5.82 Å². The molecule has 2 nitrogen and oxygen atoms in total. The van der Waals surface area contributed by atoms with E-state index >= 15 is 0 Å². The molecule has 1 aromatic rings. The molecule has 0 bridgehead atoms. The molecule has 0 atom stereocenters. The molecule has 17 heavy (non-hydrogen) atoms. The summed E-state index contributed by atoms with van der Waals surface area (Å²) in [5.41, 5.74) is 6.80. The zero-order valence-electron chi connectivity index (χ0n) is 11.4. The Hall–Kier alpha value is -1.25. The van der Waals surface area contributed by atoms with Crippen molar-refractivity contribution in [2.24, 2.45) is 10.8 Å². The Balaban J connectivity index is 2.81. The van der Waals surface area contributed by atoms with E-state index < -0.39 is 0 Å². The average molecular weight is 238 g/mol. The average Bonchev–Trinajstić information content (AvgIpc) is 2.15. The van der Waals surface area contributed by atoms with Gasteiger partial charge in [0.25, 0.3) is 0 Å². The van der Waals surface area contributed by atoms with Crippen LogP contribution in [-0.2, 0) is 0 Å². The summed E-state index contributed by atoms with van der Waals surface area (Å²) in [5, 5.41) is 3.13. The highest BCUT2D eigenvalue weighted by atomic mass is 19.1. The second kappa shape index (κ2) is 4.55. The number of nitrogens with one attached hydrogen (secondary N) is 1. The summed E-state index contributed by atoms with van der Waals surface area (Å²) in [6, 6.07) is 4.74. The van der Waals surface area contributed by atoms with Gasteiger partial charge in [-0.25, -0.2) is 4.39 Å². The third-order valence-electron chi connectivity index (χ3n) is 3.78. The van der Waals surface area contributed by atoms with E-state index in [-0.39, 0.29) is 16.6 Å². The van der Waals surface area contributed by atoms with Crippen LogP contribution in [0.5, 0.6) is 0 Å². The van der Waals surface area contributed by atoms with Crippen LogP contribution in [0.25, 0.3) is 0 Å². The Morgan fingerprint density at radius 3 is 2.24 bits per heavy atom. The van der Waals surface area contributed by atoms with Gasteiger partial charge in [-0.3, -0.25) is 0 Å². The van der Waals surface area contributed by atoms with E-state index in [4.69, 9.17) is 5.73 Å². The molecule has 0 heterocycles. The first-order valence-electron chi connectivity index (χ1n) is 5.93. The first kappa shape index (κ1) is 13.8. The number of hydrogen-bond donors (Lipinski definition) is 2. The van der Waals surface area contributed by atoms with E-state index in [0.29, 0.717) is 17.9 Å². The topological polar surface area (TPSA) is 38.0 Å². The maximum absolute atomic E-state index is 13.6. The van der Waals surface area contributed by atoms with Crippen LogP contribution in [0.3, 0.4) is 0 Å². The zero-order valence-corrected chi connectivity index (χ0v) is 11.4. The smallest absolute Gasteiger partial charge is 0.148 e. The fraction of sp³-hybridized carbons (Fsp3) is 0.571. The van der Waals surface area contributed by atoms with Gasteiger partial charge in [0.05, 0.1) is 11.4 Å². The lowest BCUT2D eigenvalue weighted by Crippen LogP contribution is -2.36. The van der Waals surface area contributed by atoms with Crippen molar-refractivity contribution in [2.75, 3.05) is 17.6 Å². The van der Waals surface area contributed by atoms with Crippen molar-refractivity contribution in [3.63, 3.8) is 0 Å². The maximum atomic E-state index is 13.6. The van der Waals surface area contributed by atoms with Crippen LogP contribution in [0.1, 0.15) is 34.6 Å². The number of halogens is 1. The number of para-hydroxylation sites is 1. The van der Waals surface area contributed by atoms with E-state index in [1.165, 1.54) is 6.07 Å². The molecule has 1 aromatic carbocycles. The summed E-state index contributed by atoms with van der Waals surface area (Å²) in [4.78, 5) is 0. The normalized spacial score (nSPS) is 12.6. The van der Waals surface area contributed by atoms with Gasteiger partial charge in [-0.05, 0) is 23.0 Å². The quantitative estimate of drug-likeness (QED) is 0.784. The Morgan fingerprint density at radius 1 is 1.18 bits per heavy atom. The number of nitrogen functional groups attached to an aromatic ring is 1. The van der Waals surface area contributed by atoms with Crippen molar-refractivity contribution in [3.05, 3.63) is 24.0 Å². The van der Waals surface area contributed by atoms with E-state index in [9.17, 15) is 4.39 Å². The number of rotatable bonds is 3. The minimum Gasteiger partial charge on any atom is -0.397 e. The van der Waals surface area contributed by atoms with Gasteiger partial charge in [-0.15, -0.1) is 0 Å². The van der Waals surface area contributed by atoms with Crippen LogP contribution in [-0.4, -0.2) is 6.54 Å². The molecule has 0 spiro atoms. The fourth-order valence-electron chi connectivity index (χ4n) is 1.30. The molecule has 0 aliphatic rings. The van der Waals surface area contributed by atoms with E-state index in [1.807, 2.05) is 0 Å². The van der Waals surface area contributed by atoms with E-state index in [2.05, 4.69) is 39.9 Å². The number of hydrogen-bond acceptors (Lipinski definition) is 2. The van der Waals surface area contributed by atoms with Gasteiger partial charge < -0.3 is 11.1 Å². The highest BCUT2D eigenvalue weighted by Crippen LogP contribution is 2.38. The fourth-order valence-corrected chi connectivity index (χ4v) is 1.30. The summed E-state index contributed by atoms with van der Waals surface area (Å²) in [6.07, 6.45) is 0. The lowest BCUT2D eigenvalue weighted by molar-refractivity contribution is 0.148. The summed E-state index contributed by atoms with van der Waals surface area (Å²) in [6.45, 7) is 11.5. The summed E-state index contributed by atoms with van der Waals surface area (Å²) >= 11 is 0. The lowest BCUT2D eigenvalue weighted by atomic mass is 9.69. The minimum absolute atomic E-state index is 0.0434. The number of benzene rings is 1. The van der Waals surface area contributed by atoms with Crippen LogP contribution < -0.4 is 11.1 Å². The molecule has 0 saturated carbocycles. The number of anilines is 2. The van der Waals surface area contributed by atoms with Gasteiger partial charge in [0.2, 0.25) is 0 Å². The molecule has 0 saturated heterocycles. The van der Waals surface area contributed by atoms with Crippen LogP contribution >= 0.6 is 0 Å². The molecular weight excluding hydrogens is 215 g/mol. The van der Waals surface area contributed by atoms with Crippen molar-refractivity contribution >= 4 is 11.4 Å². The Morgan fingerprint density at radius 2 is 1.76 bits per heavy atom. The van der Waals surface area contributed by atoms with Crippen LogP contribution in [0.4, 0.5) is 15.8 Å². The van der Waals surface area contributed by atoms with Gasteiger partial charge in [0, 0.05) is 6.54 Å². The molecule has 0 amide bonds. The third kappa shape index (κ3) is 3.11. The SMILES string of the molecule is CC(C)(C)C(C)(C)CNc1c(N)cccc1F. The Bertz CT molecular complexity index is 371. The van der Waals surface area contributed by atoms with Crippen LogP contribution in [0.15, 0.2) is 18.2 Å². The monoisotopic (exact) mass is 238 g/mol. The van der Waals surface area contributed by atoms with Crippen molar-refractivity contribution < 1.29 is 4.39 Å². The molecule has 0 radical (unpaired) electrons. The third-order valence-corrected chi connectivity index (χ3v) is 3.78. The summed E-state index contributed by atoms with van der Waals surface area (Å²) < 4.78 is 13.6. The van der Waals surface area contributed by atoms with E-state index in [1.54, 1.807) is 12.1 Å². The molecule has 3 N–H and O–H groups in total. The molecule has 1 rings (SSSR count). The molecule has 0 unspecified atom stereocenters. The molecule has 0 aliphatic heterocycles. The maximum Gasteiger partial charge on any atom is 0.148 e. The predicted octanol–water partition coefficient (Wildman–Crippen LogP) is 3.89. The highest BCUT2D eigenvalue weighted by Gasteiger charge is 2.32.